The summed E-state index contributed by atoms with van der Waals surface area (Å²) in [6.45, 7) is 6.49. The van der Waals surface area contributed by atoms with E-state index in [1.807, 2.05) is 13.8 Å². The molecule has 0 amide bonds. The molecule has 8 nitrogen and oxygen atoms in total. The highest BCUT2D eigenvalue weighted by atomic mass is 32.2. The molecule has 1 fully saturated rings. The van der Waals surface area contributed by atoms with Gasteiger partial charge >= 0.3 is 0 Å². The molecule has 0 saturated carbocycles. The molecule has 9 heteroatoms. The maximum Gasteiger partial charge on any atom is 0.273 e. The van der Waals surface area contributed by atoms with Gasteiger partial charge in [-0.1, -0.05) is 5.16 Å². The van der Waals surface area contributed by atoms with Crippen LogP contribution in [-0.2, 0) is 10.0 Å². The Morgan fingerprint density at radius 2 is 2.04 bits per heavy atom. The molecule has 26 heavy (non-hydrogen) atoms. The van der Waals surface area contributed by atoms with Gasteiger partial charge in [0.2, 0.25) is 10.9 Å². The molecule has 1 aliphatic rings. The third-order valence-electron chi connectivity index (χ3n) is 4.73. The van der Waals surface area contributed by atoms with Gasteiger partial charge < -0.3 is 18.9 Å². The summed E-state index contributed by atoms with van der Waals surface area (Å²) in [5.41, 5.74) is 1.56. The summed E-state index contributed by atoms with van der Waals surface area (Å²) in [7, 11) is -3.70. The van der Waals surface area contributed by atoms with Crippen molar-refractivity contribution in [3.05, 3.63) is 23.4 Å². The first-order valence-electron chi connectivity index (χ1n) is 8.80. The highest BCUT2D eigenvalue weighted by Gasteiger charge is 2.22. The van der Waals surface area contributed by atoms with Crippen LogP contribution in [0, 0.1) is 13.8 Å². The number of aliphatic hydroxyl groups is 1. The van der Waals surface area contributed by atoms with Crippen LogP contribution in [0.4, 0.5) is 0 Å². The lowest BCUT2D eigenvalue weighted by Gasteiger charge is -2.29. The van der Waals surface area contributed by atoms with Crippen LogP contribution in [0.5, 0.6) is 0 Å². The number of likely N-dealkylation sites (tertiary alicyclic amines) is 1. The first-order valence-corrected chi connectivity index (χ1v) is 10.3. The smallest absolute Gasteiger partial charge is 0.273 e. The Kier molecular flexibility index (Phi) is 5.81. The molecule has 0 bridgehead atoms. The molecule has 0 aromatic carbocycles. The third-order valence-corrected chi connectivity index (χ3v) is 6.06. The monoisotopic (exact) mass is 383 g/mol. The zero-order valence-electron chi connectivity index (χ0n) is 15.1. The van der Waals surface area contributed by atoms with Gasteiger partial charge in [-0.05, 0) is 51.8 Å². The van der Waals surface area contributed by atoms with Crippen molar-refractivity contribution in [3.63, 3.8) is 0 Å². The second kappa shape index (κ2) is 7.91. The van der Waals surface area contributed by atoms with Gasteiger partial charge in [-0.3, -0.25) is 0 Å². The Labute approximate surface area is 153 Å². The molecule has 2 aromatic heterocycles. The summed E-state index contributed by atoms with van der Waals surface area (Å²) in [6.07, 6.45) is 2.06. The van der Waals surface area contributed by atoms with Gasteiger partial charge in [0.15, 0.2) is 5.76 Å². The van der Waals surface area contributed by atoms with Crippen LogP contribution in [0.2, 0.25) is 0 Å². The highest BCUT2D eigenvalue weighted by molar-refractivity contribution is 7.89. The average molecular weight is 383 g/mol. The molecular formula is C17H25N3O5S. The first-order chi connectivity index (χ1) is 12.4. The van der Waals surface area contributed by atoms with Crippen LogP contribution >= 0.6 is 0 Å². The van der Waals surface area contributed by atoms with E-state index in [-0.39, 0.29) is 11.2 Å². The lowest BCUT2D eigenvalue weighted by molar-refractivity contribution is 0.0823. The van der Waals surface area contributed by atoms with E-state index in [1.165, 1.54) is 6.07 Å². The van der Waals surface area contributed by atoms with Crippen molar-refractivity contribution in [2.45, 2.75) is 44.3 Å². The number of rotatable bonds is 7. The molecular weight excluding hydrogens is 358 g/mol. The molecule has 3 rings (SSSR count). The number of hydrogen-bond donors (Lipinski definition) is 2. The summed E-state index contributed by atoms with van der Waals surface area (Å²) in [4.78, 5) is 2.24. The highest BCUT2D eigenvalue weighted by Crippen LogP contribution is 2.28. The number of hydrogen-bond acceptors (Lipinski definition) is 7. The van der Waals surface area contributed by atoms with Crippen LogP contribution in [0.3, 0.4) is 0 Å². The van der Waals surface area contributed by atoms with Crippen molar-refractivity contribution < 1.29 is 22.5 Å². The van der Waals surface area contributed by atoms with E-state index in [1.54, 1.807) is 6.07 Å². The Morgan fingerprint density at radius 1 is 1.31 bits per heavy atom. The van der Waals surface area contributed by atoms with Gasteiger partial charge in [-0.25, -0.2) is 13.1 Å². The molecule has 0 radical (unpaired) electrons. The lowest BCUT2D eigenvalue weighted by Crippen LogP contribution is -2.37. The topological polar surface area (TPSA) is 109 Å². The zero-order valence-corrected chi connectivity index (χ0v) is 15.9. The molecule has 144 valence electrons. The van der Waals surface area contributed by atoms with Gasteiger partial charge in [0, 0.05) is 25.2 Å². The van der Waals surface area contributed by atoms with Crippen molar-refractivity contribution >= 4 is 10.0 Å². The van der Waals surface area contributed by atoms with Crippen LogP contribution in [0.15, 0.2) is 26.2 Å². The summed E-state index contributed by atoms with van der Waals surface area (Å²) in [6, 6.07) is 2.99. The predicted octanol–water partition coefficient (Wildman–Crippen LogP) is 1.68. The molecule has 2 N–H and O–H groups in total. The SMILES string of the molecule is Cc1noc(-c2ccc(S(=O)(=O)NCCCN3CCC(O)CC3)o2)c1C. The fraction of sp³-hybridized carbons (Fsp3) is 0.588. The number of aliphatic hydroxyl groups excluding tert-OH is 1. The molecule has 0 spiro atoms. The molecule has 2 aromatic rings. The van der Waals surface area contributed by atoms with E-state index in [4.69, 9.17) is 8.94 Å². The fourth-order valence-corrected chi connectivity index (χ4v) is 3.96. The minimum atomic E-state index is -3.70. The minimum Gasteiger partial charge on any atom is -0.440 e. The standard InChI is InChI=1S/C17H25N3O5S/c1-12-13(2)19-25-17(12)15-4-5-16(24-15)26(22,23)18-8-3-9-20-10-6-14(21)7-11-20/h4-5,14,18,21H,3,6-11H2,1-2H3. The number of aryl methyl sites for hydroxylation is 1. The quantitative estimate of drug-likeness (QED) is 0.700. The van der Waals surface area contributed by atoms with E-state index in [2.05, 4.69) is 14.8 Å². The molecule has 1 saturated heterocycles. The lowest BCUT2D eigenvalue weighted by atomic mass is 10.1. The van der Waals surface area contributed by atoms with Gasteiger partial charge in [0.1, 0.15) is 0 Å². The number of nitrogens with zero attached hydrogens (tertiary/aromatic N) is 2. The van der Waals surface area contributed by atoms with Crippen molar-refractivity contribution in [1.29, 1.82) is 0 Å². The van der Waals surface area contributed by atoms with Gasteiger partial charge in [0.25, 0.3) is 10.0 Å². The number of sulfonamides is 1. The Hall–Kier alpha value is -1.68. The first kappa shape index (κ1) is 19.1. The fourth-order valence-electron chi connectivity index (χ4n) is 2.96. The summed E-state index contributed by atoms with van der Waals surface area (Å²) >= 11 is 0. The largest absolute Gasteiger partial charge is 0.440 e. The molecule has 0 unspecified atom stereocenters. The molecule has 0 aliphatic carbocycles. The Bertz CT molecular complexity index is 834. The molecule has 3 heterocycles. The van der Waals surface area contributed by atoms with Gasteiger partial charge in [-0.15, -0.1) is 0 Å². The van der Waals surface area contributed by atoms with Gasteiger partial charge in [0.05, 0.1) is 11.8 Å². The summed E-state index contributed by atoms with van der Waals surface area (Å²) in [5, 5.41) is 13.2. The number of furan rings is 1. The van der Waals surface area contributed by atoms with E-state index in [9.17, 15) is 13.5 Å². The predicted molar refractivity (Wildman–Crippen MR) is 95.2 cm³/mol. The van der Waals surface area contributed by atoms with Crippen molar-refractivity contribution in [2.24, 2.45) is 0 Å². The van der Waals surface area contributed by atoms with Crippen LogP contribution in [0.25, 0.3) is 11.5 Å². The Balaban J connectivity index is 1.53. The van der Waals surface area contributed by atoms with Crippen LogP contribution in [-0.4, -0.2) is 55.9 Å². The second-order valence-corrected chi connectivity index (χ2v) is 8.36. The van der Waals surface area contributed by atoms with Crippen LogP contribution < -0.4 is 4.72 Å². The minimum absolute atomic E-state index is 0.137. The van der Waals surface area contributed by atoms with Crippen molar-refractivity contribution in [1.82, 2.24) is 14.8 Å². The van der Waals surface area contributed by atoms with E-state index in [0.717, 1.165) is 43.7 Å². The number of aromatic nitrogens is 1. The van der Waals surface area contributed by atoms with E-state index < -0.39 is 10.0 Å². The normalized spacial score (nSPS) is 17.0. The van der Waals surface area contributed by atoms with Gasteiger partial charge in [-0.2, -0.15) is 0 Å². The average Bonchev–Trinajstić information content (AvgIpc) is 3.22. The van der Waals surface area contributed by atoms with Crippen molar-refractivity contribution in [3.8, 4) is 11.5 Å². The second-order valence-electron chi connectivity index (χ2n) is 6.66. The summed E-state index contributed by atoms with van der Waals surface area (Å²) < 4.78 is 38.0. The molecule has 0 atom stereocenters. The Morgan fingerprint density at radius 3 is 2.69 bits per heavy atom. The summed E-state index contributed by atoms with van der Waals surface area (Å²) in [5.74, 6) is 0.784. The third kappa shape index (κ3) is 4.35. The maximum atomic E-state index is 12.4. The number of nitrogens with one attached hydrogen (secondary N) is 1. The maximum absolute atomic E-state index is 12.4. The van der Waals surface area contributed by atoms with Crippen molar-refractivity contribution in [2.75, 3.05) is 26.2 Å². The van der Waals surface area contributed by atoms with E-state index in [0.29, 0.717) is 24.5 Å². The van der Waals surface area contributed by atoms with E-state index >= 15 is 0 Å². The van der Waals surface area contributed by atoms with Crippen LogP contribution in [0.1, 0.15) is 30.5 Å². The number of piperidine rings is 1. The molecule has 1 aliphatic heterocycles. The zero-order chi connectivity index (χ0) is 18.7.